The van der Waals surface area contributed by atoms with Crippen molar-refractivity contribution in [1.82, 2.24) is 5.32 Å². The molecular formula is C17H26N2O2. The highest BCUT2D eigenvalue weighted by atomic mass is 16.3. The number of nitrogens with one attached hydrogen (secondary N) is 1. The average Bonchev–Trinajstić information content (AvgIpc) is 2.98. The Balaban J connectivity index is 1.70. The van der Waals surface area contributed by atoms with Gasteiger partial charge >= 0.3 is 0 Å². The number of hydrogen-bond acceptors (Lipinski definition) is 3. The number of aliphatic hydroxyl groups is 1. The number of carbonyl (C=O) groups is 1. The van der Waals surface area contributed by atoms with E-state index in [9.17, 15) is 9.90 Å². The molecule has 1 aliphatic rings. The van der Waals surface area contributed by atoms with Crippen LogP contribution in [0.4, 0.5) is 0 Å². The zero-order chi connectivity index (χ0) is 15.1. The van der Waals surface area contributed by atoms with Gasteiger partial charge in [0.25, 0.3) is 0 Å². The van der Waals surface area contributed by atoms with E-state index in [1.54, 1.807) is 0 Å². The largest absolute Gasteiger partial charge is 0.396 e. The van der Waals surface area contributed by atoms with Crippen LogP contribution in [-0.4, -0.2) is 30.2 Å². The van der Waals surface area contributed by atoms with E-state index >= 15 is 0 Å². The van der Waals surface area contributed by atoms with Gasteiger partial charge in [-0.15, -0.1) is 0 Å². The summed E-state index contributed by atoms with van der Waals surface area (Å²) in [6.45, 7) is 0.865. The molecule has 4 heteroatoms. The molecule has 1 aliphatic carbocycles. The number of aryl methyl sites for hydroxylation is 1. The Hall–Kier alpha value is -1.39. The molecule has 1 saturated carbocycles. The summed E-state index contributed by atoms with van der Waals surface area (Å²) in [5, 5.41) is 12.2. The molecule has 3 atom stereocenters. The minimum Gasteiger partial charge on any atom is -0.396 e. The molecule has 116 valence electrons. The molecular weight excluding hydrogens is 264 g/mol. The predicted octanol–water partition coefficient (Wildman–Crippen LogP) is 1.47. The van der Waals surface area contributed by atoms with E-state index in [-0.39, 0.29) is 12.5 Å². The smallest absolute Gasteiger partial charge is 0.236 e. The lowest BCUT2D eigenvalue weighted by atomic mass is 9.97. The van der Waals surface area contributed by atoms with Crippen LogP contribution in [0.3, 0.4) is 0 Å². The number of aliphatic hydroxyl groups excluding tert-OH is 1. The summed E-state index contributed by atoms with van der Waals surface area (Å²) in [6.07, 6.45) is 4.77. The van der Waals surface area contributed by atoms with Gasteiger partial charge < -0.3 is 16.2 Å². The van der Waals surface area contributed by atoms with Crippen molar-refractivity contribution in [3.63, 3.8) is 0 Å². The summed E-state index contributed by atoms with van der Waals surface area (Å²) in [4.78, 5) is 12.0. The third-order valence-electron chi connectivity index (χ3n) is 4.51. The molecule has 0 bridgehead atoms. The molecule has 0 spiro atoms. The maximum absolute atomic E-state index is 12.0. The van der Waals surface area contributed by atoms with Crippen LogP contribution >= 0.6 is 0 Å². The summed E-state index contributed by atoms with van der Waals surface area (Å²) in [6, 6.07) is 9.62. The topological polar surface area (TPSA) is 75.4 Å². The van der Waals surface area contributed by atoms with Crippen molar-refractivity contribution in [2.45, 2.75) is 38.1 Å². The fourth-order valence-electron chi connectivity index (χ4n) is 3.08. The lowest BCUT2D eigenvalue weighted by Gasteiger charge is -2.19. The highest BCUT2D eigenvalue weighted by Gasteiger charge is 2.27. The van der Waals surface area contributed by atoms with Crippen molar-refractivity contribution in [1.29, 1.82) is 0 Å². The van der Waals surface area contributed by atoms with Gasteiger partial charge in [-0.25, -0.2) is 0 Å². The van der Waals surface area contributed by atoms with Crippen LogP contribution in [-0.2, 0) is 11.2 Å². The molecule has 0 saturated heterocycles. The van der Waals surface area contributed by atoms with E-state index < -0.39 is 6.04 Å². The number of nitrogens with two attached hydrogens (primary N) is 1. The van der Waals surface area contributed by atoms with Gasteiger partial charge in [0.05, 0.1) is 6.04 Å². The van der Waals surface area contributed by atoms with E-state index in [0.29, 0.717) is 24.8 Å². The lowest BCUT2D eigenvalue weighted by molar-refractivity contribution is -0.122. The van der Waals surface area contributed by atoms with E-state index in [1.807, 2.05) is 18.2 Å². The van der Waals surface area contributed by atoms with Crippen molar-refractivity contribution in [2.75, 3.05) is 13.2 Å². The molecule has 4 nitrogen and oxygen atoms in total. The van der Waals surface area contributed by atoms with Gasteiger partial charge in [-0.3, -0.25) is 4.79 Å². The van der Waals surface area contributed by atoms with Gasteiger partial charge in [0.2, 0.25) is 5.91 Å². The van der Waals surface area contributed by atoms with Gasteiger partial charge in [-0.05, 0) is 43.1 Å². The number of rotatable bonds is 7. The first-order valence-electron chi connectivity index (χ1n) is 7.88. The SMILES string of the molecule is NC(CCc1ccccc1)C(=O)NCC1CCCC1CO. The molecule has 1 aromatic rings. The van der Waals surface area contributed by atoms with Crippen LogP contribution in [0.1, 0.15) is 31.2 Å². The first kappa shape index (κ1) is 16.0. The van der Waals surface area contributed by atoms with Crippen molar-refractivity contribution < 1.29 is 9.90 Å². The highest BCUT2D eigenvalue weighted by molar-refractivity contribution is 5.81. The number of amides is 1. The van der Waals surface area contributed by atoms with Crippen LogP contribution in [0.2, 0.25) is 0 Å². The standard InChI is InChI=1S/C17H26N2O2/c18-16(10-9-13-5-2-1-3-6-13)17(21)19-11-14-7-4-8-15(14)12-20/h1-3,5-6,14-16,20H,4,7-12,18H2,(H,19,21). The maximum atomic E-state index is 12.0. The predicted molar refractivity (Wildman–Crippen MR) is 83.7 cm³/mol. The molecule has 0 aliphatic heterocycles. The van der Waals surface area contributed by atoms with Crippen molar-refractivity contribution in [3.8, 4) is 0 Å². The summed E-state index contributed by atoms with van der Waals surface area (Å²) in [7, 11) is 0. The Bertz CT molecular complexity index is 436. The second kappa shape index (κ2) is 8.15. The Morgan fingerprint density at radius 1 is 1.29 bits per heavy atom. The maximum Gasteiger partial charge on any atom is 0.236 e. The third-order valence-corrected chi connectivity index (χ3v) is 4.51. The summed E-state index contributed by atoms with van der Waals surface area (Å²) >= 11 is 0. The van der Waals surface area contributed by atoms with Crippen molar-refractivity contribution in [3.05, 3.63) is 35.9 Å². The number of benzene rings is 1. The molecule has 2 rings (SSSR count). The Kier molecular flexibility index (Phi) is 6.21. The Morgan fingerprint density at radius 2 is 2.00 bits per heavy atom. The summed E-state index contributed by atoms with van der Waals surface area (Å²) in [5.74, 6) is 0.667. The van der Waals surface area contributed by atoms with Crippen molar-refractivity contribution in [2.24, 2.45) is 17.6 Å². The second-order valence-corrected chi connectivity index (χ2v) is 6.01. The minimum atomic E-state index is -0.459. The zero-order valence-electron chi connectivity index (χ0n) is 12.5. The van der Waals surface area contributed by atoms with Crippen LogP contribution < -0.4 is 11.1 Å². The van der Waals surface area contributed by atoms with Gasteiger partial charge in [0, 0.05) is 13.2 Å². The fraction of sp³-hybridized carbons (Fsp3) is 0.588. The summed E-state index contributed by atoms with van der Waals surface area (Å²) < 4.78 is 0. The monoisotopic (exact) mass is 290 g/mol. The first-order valence-corrected chi connectivity index (χ1v) is 7.88. The first-order chi connectivity index (χ1) is 10.2. The molecule has 1 amide bonds. The number of carbonyl (C=O) groups excluding carboxylic acids is 1. The molecule has 0 aromatic heterocycles. The normalized spacial score (nSPS) is 23.0. The van der Waals surface area contributed by atoms with Crippen molar-refractivity contribution >= 4 is 5.91 Å². The fourth-order valence-corrected chi connectivity index (χ4v) is 3.08. The molecule has 0 heterocycles. The second-order valence-electron chi connectivity index (χ2n) is 6.01. The molecule has 0 radical (unpaired) electrons. The van der Waals surface area contributed by atoms with E-state index in [1.165, 1.54) is 5.56 Å². The van der Waals surface area contributed by atoms with E-state index in [2.05, 4.69) is 17.4 Å². The molecule has 1 aromatic carbocycles. The van der Waals surface area contributed by atoms with Crippen LogP contribution in [0.5, 0.6) is 0 Å². The van der Waals surface area contributed by atoms with E-state index in [0.717, 1.165) is 25.7 Å². The average molecular weight is 290 g/mol. The van der Waals surface area contributed by atoms with Crippen LogP contribution in [0.25, 0.3) is 0 Å². The van der Waals surface area contributed by atoms with Gasteiger partial charge in [-0.2, -0.15) is 0 Å². The Morgan fingerprint density at radius 3 is 2.71 bits per heavy atom. The van der Waals surface area contributed by atoms with Gasteiger partial charge in [-0.1, -0.05) is 36.8 Å². The van der Waals surface area contributed by atoms with Crippen LogP contribution in [0, 0.1) is 11.8 Å². The molecule has 3 unspecified atom stereocenters. The third kappa shape index (κ3) is 4.83. The minimum absolute atomic E-state index is 0.0745. The van der Waals surface area contributed by atoms with E-state index in [4.69, 9.17) is 5.73 Å². The Labute approximate surface area is 126 Å². The van der Waals surface area contributed by atoms with Gasteiger partial charge in [0.15, 0.2) is 0 Å². The zero-order valence-corrected chi connectivity index (χ0v) is 12.5. The molecule has 1 fully saturated rings. The quantitative estimate of drug-likeness (QED) is 0.712. The van der Waals surface area contributed by atoms with Gasteiger partial charge in [0.1, 0.15) is 0 Å². The lowest BCUT2D eigenvalue weighted by Crippen LogP contribution is -2.43. The molecule has 21 heavy (non-hydrogen) atoms. The van der Waals surface area contributed by atoms with Crippen LogP contribution in [0.15, 0.2) is 30.3 Å². The molecule has 4 N–H and O–H groups in total. The highest BCUT2D eigenvalue weighted by Crippen LogP contribution is 2.30. The summed E-state index contributed by atoms with van der Waals surface area (Å²) in [5.41, 5.74) is 7.16. The number of hydrogen-bond donors (Lipinski definition) is 3.